The zero-order valence-electron chi connectivity index (χ0n) is 19.8. The van der Waals surface area contributed by atoms with Crippen molar-refractivity contribution >= 4 is 27.7 Å². The molecular weight excluding hydrogens is 505 g/mol. The van der Waals surface area contributed by atoms with Gasteiger partial charge in [-0.1, -0.05) is 20.8 Å². The number of ether oxygens (including phenoxy) is 1. The van der Waals surface area contributed by atoms with Gasteiger partial charge in [0.1, 0.15) is 4.90 Å². The van der Waals surface area contributed by atoms with E-state index < -0.39 is 62.9 Å². The summed E-state index contributed by atoms with van der Waals surface area (Å²) in [5, 5.41) is 11.9. The van der Waals surface area contributed by atoms with Crippen LogP contribution in [0.5, 0.6) is 5.75 Å². The Bertz CT molecular complexity index is 1330. The van der Waals surface area contributed by atoms with Crippen molar-refractivity contribution in [2.24, 2.45) is 18.4 Å². The van der Waals surface area contributed by atoms with Gasteiger partial charge in [-0.2, -0.15) is 0 Å². The first-order chi connectivity index (χ1) is 16.6. The number of amides is 2. The van der Waals surface area contributed by atoms with Gasteiger partial charge in [0.25, 0.3) is 5.91 Å². The second kappa shape index (κ2) is 8.69. The molecule has 36 heavy (non-hydrogen) atoms. The summed E-state index contributed by atoms with van der Waals surface area (Å²) in [6.45, 7) is 5.29. The number of hydrogen-bond acceptors (Lipinski definition) is 5. The van der Waals surface area contributed by atoms with Gasteiger partial charge in [-0.05, 0) is 5.41 Å². The number of nitrogens with one attached hydrogen (secondary N) is 2. The van der Waals surface area contributed by atoms with Crippen LogP contribution in [0.25, 0.3) is 0 Å². The molecule has 3 atom stereocenters. The average molecular weight is 531 g/mol. The highest BCUT2D eigenvalue weighted by atomic mass is 32.2. The summed E-state index contributed by atoms with van der Waals surface area (Å²) in [7, 11) is -2.88. The smallest absolute Gasteiger partial charge is 0.407 e. The van der Waals surface area contributed by atoms with E-state index in [0.717, 1.165) is 6.20 Å². The molecule has 3 unspecified atom stereocenters. The first kappa shape index (κ1) is 25.8. The maximum Gasteiger partial charge on any atom is 0.407 e. The van der Waals surface area contributed by atoms with Crippen LogP contribution in [-0.4, -0.2) is 60.2 Å². The average Bonchev–Trinajstić information content (AvgIpc) is 3.26. The minimum absolute atomic E-state index is 0.0816. The van der Waals surface area contributed by atoms with E-state index in [9.17, 15) is 36.3 Å². The van der Waals surface area contributed by atoms with Crippen LogP contribution < -0.4 is 14.8 Å². The maximum absolute atomic E-state index is 13.6. The monoisotopic (exact) mass is 530 g/mol. The Kier molecular flexibility index (Phi) is 6.23. The predicted octanol–water partition coefficient (Wildman–Crippen LogP) is 2.76. The molecule has 0 aliphatic carbocycles. The number of halogens is 3. The Morgan fingerprint density at radius 2 is 1.81 bits per heavy atom. The van der Waals surface area contributed by atoms with Gasteiger partial charge in [0.15, 0.2) is 28.9 Å². The largest absolute Gasteiger partial charge is 0.489 e. The molecule has 1 aromatic heterocycles. The lowest BCUT2D eigenvalue weighted by molar-refractivity contribution is 0.0765. The summed E-state index contributed by atoms with van der Waals surface area (Å²) in [4.78, 5) is 25.8. The number of carboxylic acid groups (broad SMARTS) is 1. The molecule has 0 bridgehead atoms. The second-order valence-corrected chi connectivity index (χ2v) is 11.6. The molecule has 2 aromatic rings. The Balaban J connectivity index is 1.73. The number of hydrogen-bond donors (Lipinski definition) is 3. The Morgan fingerprint density at radius 1 is 1.19 bits per heavy atom. The lowest BCUT2D eigenvalue weighted by atomic mass is 9.78. The van der Waals surface area contributed by atoms with Crippen molar-refractivity contribution < 1.29 is 41.0 Å². The van der Waals surface area contributed by atoms with E-state index in [0.29, 0.717) is 12.1 Å². The van der Waals surface area contributed by atoms with Crippen LogP contribution >= 0.6 is 0 Å². The normalized spacial score (nSPS) is 23.2. The third-order valence-corrected chi connectivity index (χ3v) is 7.84. The highest BCUT2D eigenvalue weighted by Crippen LogP contribution is 2.41. The lowest BCUT2D eigenvalue weighted by Gasteiger charge is -2.37. The van der Waals surface area contributed by atoms with Gasteiger partial charge in [0.2, 0.25) is 10.0 Å². The van der Waals surface area contributed by atoms with Crippen molar-refractivity contribution in [1.82, 2.24) is 14.2 Å². The molecule has 3 heterocycles. The molecular formula is C22H25F3N4O6S. The highest BCUT2D eigenvalue weighted by molar-refractivity contribution is 7.89. The zero-order chi connectivity index (χ0) is 26.7. The van der Waals surface area contributed by atoms with Crippen molar-refractivity contribution in [3.8, 4) is 5.75 Å². The van der Waals surface area contributed by atoms with Crippen LogP contribution in [0.3, 0.4) is 0 Å². The molecule has 2 aliphatic rings. The molecule has 196 valence electrons. The molecule has 1 aromatic carbocycles. The standard InChI is InChI=1S/C22H25F3N4O6S/c1-22(2,3)19-11-9-35-18-15(36(33,34)27-14(11)7-29(19)21(31)32)8-28(4)17(18)20(30)26-10-5-12(23)16(25)13(24)6-10/h5-6,8,11,14,19,27H,7,9H2,1-4H3,(H,26,30)(H,31,32). The molecule has 2 amide bonds. The number of nitrogens with zero attached hydrogens (tertiary/aromatic N) is 2. The number of anilines is 1. The maximum atomic E-state index is 13.6. The van der Waals surface area contributed by atoms with Crippen LogP contribution in [-0.2, 0) is 17.1 Å². The first-order valence-electron chi connectivity index (χ1n) is 10.9. The fraction of sp³-hybridized carbons (Fsp3) is 0.455. The fourth-order valence-corrected chi connectivity index (χ4v) is 6.45. The molecule has 3 N–H and O–H groups in total. The Morgan fingerprint density at radius 3 is 2.36 bits per heavy atom. The summed E-state index contributed by atoms with van der Waals surface area (Å²) >= 11 is 0. The van der Waals surface area contributed by atoms with E-state index in [-0.39, 0.29) is 35.2 Å². The van der Waals surface area contributed by atoms with Gasteiger partial charge in [0, 0.05) is 55.6 Å². The van der Waals surface area contributed by atoms with Crippen LogP contribution in [0.2, 0.25) is 0 Å². The minimum Gasteiger partial charge on any atom is -0.489 e. The van der Waals surface area contributed by atoms with Gasteiger partial charge in [0.05, 0.1) is 6.61 Å². The van der Waals surface area contributed by atoms with Gasteiger partial charge < -0.3 is 24.6 Å². The van der Waals surface area contributed by atoms with Crippen molar-refractivity contribution in [1.29, 1.82) is 0 Å². The third kappa shape index (κ3) is 4.39. The van der Waals surface area contributed by atoms with Gasteiger partial charge in [-0.3, -0.25) is 4.79 Å². The zero-order valence-corrected chi connectivity index (χ0v) is 20.6. The van der Waals surface area contributed by atoms with Crippen LogP contribution in [0.15, 0.2) is 23.2 Å². The van der Waals surface area contributed by atoms with Crippen molar-refractivity contribution in [2.45, 2.75) is 37.8 Å². The number of benzene rings is 1. The topological polar surface area (TPSA) is 130 Å². The Hall–Kier alpha value is -3.26. The second-order valence-electron chi connectivity index (χ2n) is 9.94. The number of rotatable bonds is 2. The van der Waals surface area contributed by atoms with Crippen molar-refractivity contribution in [2.75, 3.05) is 18.5 Å². The van der Waals surface area contributed by atoms with Crippen LogP contribution in [0.1, 0.15) is 31.3 Å². The molecule has 4 rings (SSSR count). The number of fused-ring (bicyclic) bond motifs is 2. The predicted molar refractivity (Wildman–Crippen MR) is 121 cm³/mol. The molecule has 1 saturated heterocycles. The lowest BCUT2D eigenvalue weighted by Crippen LogP contribution is -2.48. The fourth-order valence-electron chi connectivity index (χ4n) is 4.98. The highest BCUT2D eigenvalue weighted by Gasteiger charge is 2.52. The van der Waals surface area contributed by atoms with Crippen molar-refractivity contribution in [3.63, 3.8) is 0 Å². The number of carbonyl (C=O) groups is 2. The van der Waals surface area contributed by atoms with Gasteiger partial charge in [-0.25, -0.2) is 31.1 Å². The number of carbonyl (C=O) groups excluding carboxylic acids is 1. The Labute approximate surface area is 205 Å². The van der Waals surface area contributed by atoms with E-state index in [1.165, 1.54) is 16.5 Å². The van der Waals surface area contributed by atoms with Gasteiger partial charge >= 0.3 is 6.09 Å². The quantitative estimate of drug-likeness (QED) is 0.512. The molecule has 0 radical (unpaired) electrons. The van der Waals surface area contributed by atoms with E-state index in [1.54, 1.807) is 0 Å². The van der Waals surface area contributed by atoms with Crippen LogP contribution in [0.4, 0.5) is 23.7 Å². The molecule has 10 nitrogen and oxygen atoms in total. The van der Waals surface area contributed by atoms with Crippen molar-refractivity contribution in [3.05, 3.63) is 41.5 Å². The number of likely N-dealkylation sites (tertiary alicyclic amines) is 1. The minimum atomic E-state index is -4.27. The molecule has 14 heteroatoms. The summed E-state index contributed by atoms with van der Waals surface area (Å²) < 4.78 is 76.6. The summed E-state index contributed by atoms with van der Waals surface area (Å²) in [6, 6.07) is -0.208. The van der Waals surface area contributed by atoms with E-state index in [1.807, 2.05) is 20.8 Å². The number of sulfonamides is 1. The van der Waals surface area contributed by atoms with Gasteiger partial charge in [-0.15, -0.1) is 0 Å². The number of aryl methyl sites for hydroxylation is 1. The van der Waals surface area contributed by atoms with E-state index in [4.69, 9.17) is 4.74 Å². The molecule has 2 aliphatic heterocycles. The van der Waals surface area contributed by atoms with E-state index in [2.05, 4.69) is 10.0 Å². The number of aromatic nitrogens is 1. The summed E-state index contributed by atoms with van der Waals surface area (Å²) in [6.07, 6.45) is -0.0535. The summed E-state index contributed by atoms with van der Waals surface area (Å²) in [5.74, 6) is -6.57. The molecule has 0 spiro atoms. The SMILES string of the molecule is Cn1cc2c(c1C(=O)Nc1cc(F)c(F)c(F)c1)OCC1C(CN(C(=O)O)C1C(C)(C)C)NS2(=O)=O. The van der Waals surface area contributed by atoms with Crippen LogP contribution in [0, 0.1) is 28.8 Å². The third-order valence-electron chi connectivity index (χ3n) is 6.36. The first-order valence-corrected chi connectivity index (χ1v) is 12.4. The van der Waals surface area contributed by atoms with E-state index >= 15 is 0 Å². The molecule has 0 saturated carbocycles. The summed E-state index contributed by atoms with van der Waals surface area (Å²) in [5.41, 5.74) is -1.22. The molecule has 1 fully saturated rings.